The maximum absolute atomic E-state index is 12.3. The van der Waals surface area contributed by atoms with Crippen LogP contribution in [0.1, 0.15) is 11.7 Å². The van der Waals surface area contributed by atoms with E-state index in [2.05, 4.69) is 15.0 Å². The largest absolute Gasteiger partial charge is 0.496 e. The molecule has 0 bridgehead atoms. The van der Waals surface area contributed by atoms with Crippen LogP contribution in [0.15, 0.2) is 55.1 Å². The Balaban J connectivity index is 1.93. The molecule has 4 aromatic rings. The van der Waals surface area contributed by atoms with E-state index in [9.17, 15) is 9.90 Å². The van der Waals surface area contributed by atoms with Gasteiger partial charge in [0.2, 0.25) is 0 Å². The molecule has 8 heteroatoms. The van der Waals surface area contributed by atoms with Crippen molar-refractivity contribution in [1.82, 2.24) is 19.9 Å². The molecule has 170 valence electrons. The summed E-state index contributed by atoms with van der Waals surface area (Å²) in [6, 6.07) is 9.63. The Morgan fingerprint density at radius 2 is 1.82 bits per heavy atom. The molecule has 0 fully saturated rings. The van der Waals surface area contributed by atoms with Crippen molar-refractivity contribution in [3.8, 4) is 28.0 Å². The number of hydrogen-bond acceptors (Lipinski definition) is 6. The van der Waals surface area contributed by atoms with Crippen LogP contribution in [0.2, 0.25) is 0 Å². The van der Waals surface area contributed by atoms with Gasteiger partial charge in [-0.1, -0.05) is 18.2 Å². The molecule has 4 rings (SSSR count). The first-order valence-electron chi connectivity index (χ1n) is 10.5. The zero-order valence-electron chi connectivity index (χ0n) is 19.3. The molecule has 0 spiro atoms. The first-order chi connectivity index (χ1) is 15.8. The molecule has 0 saturated heterocycles. The van der Waals surface area contributed by atoms with Crippen LogP contribution in [0, 0.1) is 0 Å². The van der Waals surface area contributed by atoms with Gasteiger partial charge in [-0.15, -0.1) is 0 Å². The second-order valence-electron chi connectivity index (χ2n) is 8.18. The van der Waals surface area contributed by atoms with E-state index in [0.29, 0.717) is 5.56 Å². The summed E-state index contributed by atoms with van der Waals surface area (Å²) in [6.07, 6.45) is 5.64. The van der Waals surface area contributed by atoms with Crippen LogP contribution < -0.4 is 9.64 Å². The highest BCUT2D eigenvalue weighted by Crippen LogP contribution is 2.42. The zero-order valence-corrected chi connectivity index (χ0v) is 19.3. The number of aromatic amines is 1. The van der Waals surface area contributed by atoms with E-state index in [0.717, 1.165) is 44.7 Å². The topological polar surface area (TPSA) is 94.6 Å². The van der Waals surface area contributed by atoms with Crippen molar-refractivity contribution in [3.05, 3.63) is 60.7 Å². The Labute approximate surface area is 192 Å². The number of anilines is 1. The van der Waals surface area contributed by atoms with Crippen LogP contribution in [0.4, 0.5) is 5.69 Å². The van der Waals surface area contributed by atoms with E-state index in [-0.39, 0.29) is 0 Å². The van der Waals surface area contributed by atoms with Gasteiger partial charge in [-0.05, 0) is 12.1 Å². The number of hydrogen-bond donors (Lipinski definition) is 2. The molecule has 0 aliphatic carbocycles. The van der Waals surface area contributed by atoms with Gasteiger partial charge >= 0.3 is 0 Å². The first-order valence-corrected chi connectivity index (χ1v) is 10.5. The molecule has 8 nitrogen and oxygen atoms in total. The van der Waals surface area contributed by atoms with Crippen molar-refractivity contribution >= 4 is 22.6 Å². The summed E-state index contributed by atoms with van der Waals surface area (Å²) in [6.45, 7) is 0. The molecule has 3 heterocycles. The van der Waals surface area contributed by atoms with E-state index in [1.807, 2.05) is 49.5 Å². The minimum absolute atomic E-state index is 0.403. The number of methoxy groups -OCH3 is 1. The van der Waals surface area contributed by atoms with Crippen molar-refractivity contribution < 1.29 is 14.6 Å². The third kappa shape index (κ3) is 4.01. The highest BCUT2D eigenvalue weighted by Gasteiger charge is 2.23. The van der Waals surface area contributed by atoms with Gasteiger partial charge in [0.1, 0.15) is 11.4 Å². The van der Waals surface area contributed by atoms with Crippen LogP contribution in [0.25, 0.3) is 33.3 Å². The third-order valence-electron chi connectivity index (χ3n) is 5.58. The predicted octanol–water partition coefficient (Wildman–Crippen LogP) is 3.49. The number of ether oxygens (including phenoxy) is 1. The number of pyridine rings is 2. The highest BCUT2D eigenvalue weighted by molar-refractivity contribution is 6.08. The number of para-hydroxylation sites is 1. The minimum Gasteiger partial charge on any atom is -0.496 e. The summed E-state index contributed by atoms with van der Waals surface area (Å²) in [4.78, 5) is 27.9. The Morgan fingerprint density at radius 1 is 1.06 bits per heavy atom. The van der Waals surface area contributed by atoms with Crippen LogP contribution in [0.3, 0.4) is 0 Å². The molecule has 2 N–H and O–H groups in total. The van der Waals surface area contributed by atoms with Gasteiger partial charge in [0.25, 0.3) is 5.91 Å². The number of likely N-dealkylation sites (N-methyl/N-ethyl adjacent to an activating group) is 1. The zero-order chi connectivity index (χ0) is 23.7. The number of nitrogens with zero attached hydrogens (tertiary/aromatic N) is 4. The number of aliphatic hydroxyl groups is 1. The fraction of sp³-hybridized carbons (Fsp3) is 0.240. The number of H-pyrrole nitrogens is 1. The maximum atomic E-state index is 12.3. The molecule has 1 unspecified atom stereocenters. The van der Waals surface area contributed by atoms with Crippen molar-refractivity contribution in [2.24, 2.45) is 0 Å². The van der Waals surface area contributed by atoms with Gasteiger partial charge < -0.3 is 24.6 Å². The summed E-state index contributed by atoms with van der Waals surface area (Å²) < 4.78 is 5.60. The number of aliphatic hydroxyl groups excluding tert-OH is 1. The Morgan fingerprint density at radius 3 is 2.52 bits per heavy atom. The quantitative estimate of drug-likeness (QED) is 0.472. The van der Waals surface area contributed by atoms with Gasteiger partial charge in [-0.3, -0.25) is 9.78 Å². The number of carbonyl (C=O) groups excluding carboxylic acids is 1. The fourth-order valence-electron chi connectivity index (χ4n) is 3.98. The number of aromatic nitrogens is 3. The summed E-state index contributed by atoms with van der Waals surface area (Å²) >= 11 is 0. The smallest absolute Gasteiger partial charge is 0.255 e. The first kappa shape index (κ1) is 22.3. The molecule has 3 aromatic heterocycles. The summed E-state index contributed by atoms with van der Waals surface area (Å²) in [5.41, 5.74) is 5.62. The predicted molar refractivity (Wildman–Crippen MR) is 129 cm³/mol. The van der Waals surface area contributed by atoms with Gasteiger partial charge in [0, 0.05) is 80.8 Å². The number of rotatable bonds is 6. The molecular weight excluding hydrogens is 418 g/mol. The molecule has 1 amide bonds. The van der Waals surface area contributed by atoms with Crippen LogP contribution in [0.5, 0.6) is 5.75 Å². The summed E-state index contributed by atoms with van der Waals surface area (Å²) in [7, 11) is 8.81. The lowest BCUT2D eigenvalue weighted by Gasteiger charge is -2.21. The molecule has 33 heavy (non-hydrogen) atoms. The van der Waals surface area contributed by atoms with Gasteiger partial charge in [0.15, 0.2) is 6.10 Å². The summed E-state index contributed by atoms with van der Waals surface area (Å²) in [5.74, 6) is 0.363. The number of nitrogens with one attached hydrogen (secondary N) is 1. The van der Waals surface area contributed by atoms with Crippen LogP contribution in [-0.4, -0.2) is 66.2 Å². The van der Waals surface area contributed by atoms with Crippen molar-refractivity contribution in [3.63, 3.8) is 0 Å². The Bertz CT molecular complexity index is 1310. The average molecular weight is 446 g/mol. The normalized spacial score (nSPS) is 11.9. The van der Waals surface area contributed by atoms with E-state index in [4.69, 9.17) is 4.74 Å². The molecule has 0 saturated carbocycles. The monoisotopic (exact) mass is 445 g/mol. The number of benzene rings is 1. The number of amides is 1. The fourth-order valence-corrected chi connectivity index (χ4v) is 3.98. The van der Waals surface area contributed by atoms with Gasteiger partial charge in [-0.25, -0.2) is 4.98 Å². The molecule has 1 atom stereocenters. The van der Waals surface area contributed by atoms with Crippen LogP contribution in [-0.2, 0) is 4.79 Å². The van der Waals surface area contributed by atoms with E-state index >= 15 is 0 Å². The lowest BCUT2D eigenvalue weighted by Crippen LogP contribution is -2.28. The summed E-state index contributed by atoms with van der Waals surface area (Å²) in [5, 5.41) is 11.5. The molecule has 0 radical (unpaired) electrons. The lowest BCUT2D eigenvalue weighted by atomic mass is 9.98. The second-order valence-corrected chi connectivity index (χ2v) is 8.18. The highest BCUT2D eigenvalue weighted by atomic mass is 16.5. The molecule has 1 aromatic carbocycles. The van der Waals surface area contributed by atoms with E-state index < -0.39 is 12.0 Å². The number of carbonyl (C=O) groups is 1. The number of fused-ring (bicyclic) bond motifs is 1. The lowest BCUT2D eigenvalue weighted by molar-refractivity contribution is -0.137. The minimum atomic E-state index is -1.29. The van der Waals surface area contributed by atoms with Gasteiger partial charge in [-0.2, -0.15) is 0 Å². The van der Waals surface area contributed by atoms with Crippen molar-refractivity contribution in [2.75, 3.05) is 40.2 Å². The average Bonchev–Trinajstić information content (AvgIpc) is 3.26. The van der Waals surface area contributed by atoms with Crippen LogP contribution >= 0.6 is 0 Å². The molecular formula is C25H27N5O3. The maximum Gasteiger partial charge on any atom is 0.255 e. The van der Waals surface area contributed by atoms with Gasteiger partial charge in [0.05, 0.1) is 18.2 Å². The standard InChI is InChI=1S/C25H27N5O3/c1-29(2)22-18(15-10-16(12-26-11-15)23(31)25(32)30(3)4)13-27-24-21(22)19(14-28-24)17-8-6-7-9-20(17)33-5/h6-14,23,31H,1-5H3,(H,27,28). The Hall–Kier alpha value is -3.91. The molecule has 0 aliphatic heterocycles. The third-order valence-corrected chi connectivity index (χ3v) is 5.58. The Kier molecular flexibility index (Phi) is 6.02. The molecule has 0 aliphatic rings. The van der Waals surface area contributed by atoms with E-state index in [1.165, 1.54) is 11.1 Å². The van der Waals surface area contributed by atoms with Crippen molar-refractivity contribution in [2.45, 2.75) is 6.10 Å². The van der Waals surface area contributed by atoms with E-state index in [1.54, 1.807) is 39.7 Å². The van der Waals surface area contributed by atoms with Crippen molar-refractivity contribution in [1.29, 1.82) is 0 Å². The SMILES string of the molecule is COc1ccccc1-c1c[nH]c2ncc(-c3cncc(C(O)C(=O)N(C)C)c3)c(N(C)C)c12. The second kappa shape index (κ2) is 8.91.